The number of nitrogens with zero attached hydrogens (tertiary/aromatic N) is 3. The van der Waals surface area contributed by atoms with E-state index in [4.69, 9.17) is 4.52 Å². The molecule has 2 atom stereocenters. The number of aromatic nitrogens is 1. The van der Waals surface area contributed by atoms with Crippen molar-refractivity contribution in [3.63, 3.8) is 0 Å². The van der Waals surface area contributed by atoms with Crippen LogP contribution < -0.4 is 9.62 Å². The molecule has 0 aliphatic carbocycles. The minimum absolute atomic E-state index is 0.0441. The van der Waals surface area contributed by atoms with Gasteiger partial charge >= 0.3 is 6.03 Å². The standard InChI is InChI=1S/C20H16F4N4O4S/c1-33(30,31)26-14-8-27-15(20(14,23)24)9-28(19(27)29)18-17-10(4-2-7-13(17)32-25-18)16-11(21)5-3-6-12(16)22/h2-7,14-15,26H,8-9H2,1H3/t14-,15-/m1/s1. The molecule has 2 amide bonds. The van der Waals surface area contributed by atoms with Crippen LogP contribution in [-0.4, -0.2) is 61.9 Å². The third-order valence-corrected chi connectivity index (χ3v) is 6.53. The van der Waals surface area contributed by atoms with Crippen molar-refractivity contribution in [2.75, 3.05) is 24.2 Å². The van der Waals surface area contributed by atoms with Crippen molar-refractivity contribution in [1.29, 1.82) is 0 Å². The second kappa shape index (κ2) is 7.15. The zero-order valence-electron chi connectivity index (χ0n) is 16.9. The first-order chi connectivity index (χ1) is 15.5. The summed E-state index contributed by atoms with van der Waals surface area (Å²) in [4.78, 5) is 14.8. The number of hydrogen-bond acceptors (Lipinski definition) is 5. The van der Waals surface area contributed by atoms with Gasteiger partial charge in [-0.25, -0.2) is 35.5 Å². The lowest BCUT2D eigenvalue weighted by Gasteiger charge is -2.23. The molecule has 0 spiro atoms. The lowest BCUT2D eigenvalue weighted by atomic mass is 10.00. The molecule has 2 saturated heterocycles. The normalized spacial score (nSPS) is 22.4. The molecule has 2 aliphatic rings. The Balaban J connectivity index is 1.57. The maximum atomic E-state index is 15.0. The zero-order chi connectivity index (χ0) is 23.7. The van der Waals surface area contributed by atoms with Crippen molar-refractivity contribution in [3.05, 3.63) is 48.0 Å². The summed E-state index contributed by atoms with van der Waals surface area (Å²) in [6, 6.07) is 3.44. The first kappa shape index (κ1) is 21.6. The van der Waals surface area contributed by atoms with Crippen LogP contribution in [0.1, 0.15) is 0 Å². The van der Waals surface area contributed by atoms with E-state index in [1.807, 2.05) is 4.72 Å². The Morgan fingerprint density at radius 2 is 1.79 bits per heavy atom. The number of carbonyl (C=O) groups excluding carboxylic acids is 1. The number of nitrogens with one attached hydrogen (secondary N) is 1. The zero-order valence-corrected chi connectivity index (χ0v) is 17.7. The van der Waals surface area contributed by atoms with Crippen molar-refractivity contribution in [3.8, 4) is 11.1 Å². The average molecular weight is 484 g/mol. The van der Waals surface area contributed by atoms with Gasteiger partial charge in [0.1, 0.15) is 23.7 Å². The van der Waals surface area contributed by atoms with Crippen LogP contribution >= 0.6 is 0 Å². The van der Waals surface area contributed by atoms with Crippen LogP contribution in [0.4, 0.5) is 28.2 Å². The van der Waals surface area contributed by atoms with E-state index in [2.05, 4.69) is 5.16 Å². The summed E-state index contributed by atoms with van der Waals surface area (Å²) in [6.07, 6.45) is 0.755. The summed E-state index contributed by atoms with van der Waals surface area (Å²) in [5, 5.41) is 3.92. The van der Waals surface area contributed by atoms with Crippen molar-refractivity contribution >= 4 is 32.8 Å². The number of carbonyl (C=O) groups is 1. The Bertz CT molecular complexity index is 1370. The van der Waals surface area contributed by atoms with Crippen LogP contribution in [0.25, 0.3) is 22.1 Å². The third-order valence-electron chi connectivity index (χ3n) is 5.82. The smallest absolute Gasteiger partial charge is 0.326 e. The van der Waals surface area contributed by atoms with E-state index in [9.17, 15) is 30.8 Å². The average Bonchev–Trinajstić information content (AvgIpc) is 3.35. The third kappa shape index (κ3) is 3.33. The van der Waals surface area contributed by atoms with Gasteiger partial charge in [0.05, 0.1) is 23.8 Å². The molecule has 0 radical (unpaired) electrons. The van der Waals surface area contributed by atoms with Crippen molar-refractivity contribution < 1.29 is 35.3 Å². The first-order valence-electron chi connectivity index (χ1n) is 9.75. The van der Waals surface area contributed by atoms with Crippen LogP contribution in [0.15, 0.2) is 40.9 Å². The molecule has 13 heteroatoms. The van der Waals surface area contributed by atoms with Gasteiger partial charge in [-0.15, -0.1) is 0 Å². The fourth-order valence-electron chi connectivity index (χ4n) is 4.40. The molecule has 33 heavy (non-hydrogen) atoms. The topological polar surface area (TPSA) is 95.8 Å². The second-order valence-electron chi connectivity index (χ2n) is 7.96. The highest BCUT2D eigenvalue weighted by Crippen LogP contribution is 2.43. The van der Waals surface area contributed by atoms with Gasteiger partial charge in [0.25, 0.3) is 5.92 Å². The number of amides is 2. The van der Waals surface area contributed by atoms with Crippen LogP contribution in [-0.2, 0) is 10.0 Å². The van der Waals surface area contributed by atoms with E-state index >= 15 is 0 Å². The van der Waals surface area contributed by atoms with E-state index in [1.54, 1.807) is 0 Å². The lowest BCUT2D eigenvalue weighted by Crippen LogP contribution is -2.50. The molecule has 0 saturated carbocycles. The number of sulfonamides is 1. The molecule has 3 heterocycles. The number of anilines is 1. The summed E-state index contributed by atoms with van der Waals surface area (Å²) < 4.78 is 88.9. The molecule has 2 aliphatic heterocycles. The highest BCUT2D eigenvalue weighted by molar-refractivity contribution is 7.88. The summed E-state index contributed by atoms with van der Waals surface area (Å²) in [5.41, 5.74) is -0.224. The van der Waals surface area contributed by atoms with Crippen molar-refractivity contribution in [1.82, 2.24) is 14.8 Å². The van der Waals surface area contributed by atoms with E-state index in [0.717, 1.165) is 28.2 Å². The molecule has 5 rings (SSSR count). The molecule has 174 valence electrons. The predicted octanol–water partition coefficient (Wildman–Crippen LogP) is 2.95. The molecule has 2 fully saturated rings. The van der Waals surface area contributed by atoms with Gasteiger partial charge in [0, 0.05) is 12.1 Å². The van der Waals surface area contributed by atoms with Gasteiger partial charge in [-0.3, -0.25) is 4.90 Å². The molecular weight excluding hydrogens is 468 g/mol. The minimum atomic E-state index is -3.94. The fourth-order valence-corrected chi connectivity index (χ4v) is 5.15. The van der Waals surface area contributed by atoms with E-state index in [0.29, 0.717) is 0 Å². The van der Waals surface area contributed by atoms with Crippen LogP contribution in [0.5, 0.6) is 0 Å². The molecule has 0 bridgehead atoms. The maximum absolute atomic E-state index is 15.0. The molecule has 1 N–H and O–H groups in total. The van der Waals surface area contributed by atoms with E-state index in [-0.39, 0.29) is 27.9 Å². The Morgan fingerprint density at radius 3 is 2.42 bits per heavy atom. The number of benzene rings is 2. The van der Waals surface area contributed by atoms with Gasteiger partial charge in [0.15, 0.2) is 11.4 Å². The van der Waals surface area contributed by atoms with Gasteiger partial charge in [-0.05, 0) is 18.2 Å². The maximum Gasteiger partial charge on any atom is 0.326 e. The minimum Gasteiger partial charge on any atom is -0.354 e. The largest absolute Gasteiger partial charge is 0.354 e. The van der Waals surface area contributed by atoms with Gasteiger partial charge in [-0.1, -0.05) is 23.4 Å². The number of urea groups is 1. The van der Waals surface area contributed by atoms with Crippen molar-refractivity contribution in [2.45, 2.75) is 18.0 Å². The Labute approximate surface area is 184 Å². The molecule has 2 aromatic carbocycles. The number of halogens is 4. The molecule has 8 nitrogen and oxygen atoms in total. The number of hydrogen-bond donors (Lipinski definition) is 1. The van der Waals surface area contributed by atoms with Crippen LogP contribution in [0.3, 0.4) is 0 Å². The molecule has 0 unspecified atom stereocenters. The van der Waals surface area contributed by atoms with Gasteiger partial charge < -0.3 is 9.42 Å². The Morgan fingerprint density at radius 1 is 1.12 bits per heavy atom. The van der Waals surface area contributed by atoms with E-state index < -0.39 is 58.8 Å². The first-order valence-corrected chi connectivity index (χ1v) is 11.6. The van der Waals surface area contributed by atoms with E-state index in [1.165, 1.54) is 24.3 Å². The van der Waals surface area contributed by atoms with Gasteiger partial charge in [0.2, 0.25) is 10.0 Å². The number of alkyl halides is 2. The summed E-state index contributed by atoms with van der Waals surface area (Å²) in [5.74, 6) is -5.44. The SMILES string of the molecule is CS(=O)(=O)N[C@@H]1CN2C(=O)N(c3noc4cccc(-c5c(F)cccc5F)c34)C[C@@H]2C1(F)F. The molecule has 1 aromatic heterocycles. The Kier molecular flexibility index (Phi) is 4.69. The quantitative estimate of drug-likeness (QED) is 0.575. The lowest BCUT2D eigenvalue weighted by molar-refractivity contribution is -0.0324. The number of rotatable bonds is 4. The number of fused-ring (bicyclic) bond motifs is 2. The van der Waals surface area contributed by atoms with Crippen LogP contribution in [0, 0.1) is 11.6 Å². The van der Waals surface area contributed by atoms with Gasteiger partial charge in [-0.2, -0.15) is 0 Å². The Hall–Kier alpha value is -3.19. The highest BCUT2D eigenvalue weighted by atomic mass is 32.2. The fraction of sp³-hybridized carbons (Fsp3) is 0.300. The highest BCUT2D eigenvalue weighted by Gasteiger charge is 2.63. The summed E-state index contributed by atoms with van der Waals surface area (Å²) in [6.45, 7) is -1.08. The predicted molar refractivity (Wildman–Crippen MR) is 109 cm³/mol. The van der Waals surface area contributed by atoms with Crippen molar-refractivity contribution in [2.24, 2.45) is 0 Å². The second-order valence-corrected chi connectivity index (χ2v) is 9.74. The molecular formula is C20H16F4N4O4S. The summed E-state index contributed by atoms with van der Waals surface area (Å²) >= 11 is 0. The van der Waals surface area contributed by atoms with Crippen LogP contribution in [0.2, 0.25) is 0 Å². The molecule has 3 aromatic rings. The summed E-state index contributed by atoms with van der Waals surface area (Å²) in [7, 11) is -3.94. The monoisotopic (exact) mass is 484 g/mol.